The molecule has 0 bridgehead atoms. The minimum atomic E-state index is 0.635. The van der Waals surface area contributed by atoms with Crippen LogP contribution in [0.3, 0.4) is 0 Å². The highest BCUT2D eigenvalue weighted by molar-refractivity contribution is 7.98. The zero-order chi connectivity index (χ0) is 13.2. The zero-order valence-corrected chi connectivity index (χ0v) is 13.4. The summed E-state index contributed by atoms with van der Waals surface area (Å²) in [6.45, 7) is 9.67. The summed E-state index contributed by atoms with van der Waals surface area (Å²) in [5.41, 5.74) is 0. The predicted molar refractivity (Wildman–Crippen MR) is 84.5 cm³/mol. The highest BCUT2D eigenvalue weighted by Crippen LogP contribution is 2.16. The van der Waals surface area contributed by atoms with Crippen LogP contribution < -0.4 is 5.32 Å². The molecule has 2 nitrogen and oxygen atoms in total. The third kappa shape index (κ3) is 7.65. The average Bonchev–Trinajstić information content (AvgIpc) is 2.79. The Kier molecular flexibility index (Phi) is 9.16. The Morgan fingerprint density at radius 1 is 1.22 bits per heavy atom. The molecule has 1 heterocycles. The van der Waals surface area contributed by atoms with Gasteiger partial charge in [-0.2, -0.15) is 11.8 Å². The van der Waals surface area contributed by atoms with Crippen LogP contribution in [0.25, 0.3) is 0 Å². The van der Waals surface area contributed by atoms with Crippen molar-refractivity contribution in [3.05, 3.63) is 0 Å². The molecule has 1 fully saturated rings. The summed E-state index contributed by atoms with van der Waals surface area (Å²) in [7, 11) is 0. The number of nitrogens with zero attached hydrogens (tertiary/aromatic N) is 1. The number of thioether (sulfide) groups is 1. The first-order chi connectivity index (χ1) is 8.72. The fourth-order valence-electron chi connectivity index (χ4n) is 2.62. The van der Waals surface area contributed by atoms with Crippen LogP contribution in [0.15, 0.2) is 0 Å². The van der Waals surface area contributed by atoms with Gasteiger partial charge in [0.2, 0.25) is 0 Å². The first-order valence-corrected chi connectivity index (χ1v) is 9.06. The van der Waals surface area contributed by atoms with Crippen molar-refractivity contribution in [2.75, 3.05) is 38.2 Å². The van der Waals surface area contributed by atoms with E-state index in [1.165, 1.54) is 64.0 Å². The molecule has 1 atom stereocenters. The lowest BCUT2D eigenvalue weighted by molar-refractivity contribution is 0.311. The third-order valence-corrected chi connectivity index (χ3v) is 4.45. The maximum Gasteiger partial charge on any atom is 0.00223 e. The van der Waals surface area contributed by atoms with Crippen molar-refractivity contribution in [2.24, 2.45) is 5.92 Å². The minimum absolute atomic E-state index is 0.635. The molecule has 1 saturated heterocycles. The minimum Gasteiger partial charge on any atom is -0.314 e. The van der Waals surface area contributed by atoms with Crippen molar-refractivity contribution in [2.45, 2.75) is 52.0 Å². The Morgan fingerprint density at radius 2 is 2.00 bits per heavy atom. The smallest absolute Gasteiger partial charge is 0.00223 e. The first kappa shape index (κ1) is 16.3. The van der Waals surface area contributed by atoms with E-state index < -0.39 is 0 Å². The molecule has 0 aromatic heterocycles. The molecule has 18 heavy (non-hydrogen) atoms. The van der Waals surface area contributed by atoms with Gasteiger partial charge in [-0.3, -0.25) is 0 Å². The van der Waals surface area contributed by atoms with Gasteiger partial charge in [0.15, 0.2) is 0 Å². The van der Waals surface area contributed by atoms with Crippen molar-refractivity contribution < 1.29 is 0 Å². The number of hydrogen-bond donors (Lipinski definition) is 1. The van der Waals surface area contributed by atoms with E-state index in [0.29, 0.717) is 6.04 Å². The molecule has 108 valence electrons. The molecule has 0 aliphatic carbocycles. The van der Waals surface area contributed by atoms with Gasteiger partial charge < -0.3 is 10.2 Å². The molecule has 0 amide bonds. The molecule has 3 heteroatoms. The topological polar surface area (TPSA) is 15.3 Å². The molecule has 0 aromatic carbocycles. The van der Waals surface area contributed by atoms with Gasteiger partial charge in [0, 0.05) is 12.6 Å². The van der Waals surface area contributed by atoms with Gasteiger partial charge in [-0.05, 0) is 56.8 Å². The predicted octanol–water partition coefficient (Wildman–Crippen LogP) is 3.23. The lowest BCUT2D eigenvalue weighted by atomic mass is 10.1. The summed E-state index contributed by atoms with van der Waals surface area (Å²) in [6, 6.07) is 0.635. The van der Waals surface area contributed by atoms with Crippen LogP contribution in [0.5, 0.6) is 0 Å². The monoisotopic (exact) mass is 272 g/mol. The van der Waals surface area contributed by atoms with Gasteiger partial charge in [0.05, 0.1) is 0 Å². The summed E-state index contributed by atoms with van der Waals surface area (Å²) < 4.78 is 0. The molecule has 0 aromatic rings. The van der Waals surface area contributed by atoms with Crippen LogP contribution in [0.2, 0.25) is 0 Å². The summed E-state index contributed by atoms with van der Waals surface area (Å²) in [6.07, 6.45) is 9.25. The molecule has 0 saturated carbocycles. The van der Waals surface area contributed by atoms with Crippen LogP contribution in [-0.4, -0.2) is 49.1 Å². The van der Waals surface area contributed by atoms with E-state index in [0.717, 1.165) is 5.92 Å². The highest BCUT2D eigenvalue weighted by Gasteiger charge is 2.21. The summed E-state index contributed by atoms with van der Waals surface area (Å²) >= 11 is 1.98. The maximum absolute atomic E-state index is 3.57. The van der Waals surface area contributed by atoms with Crippen molar-refractivity contribution in [3.8, 4) is 0 Å². The second kappa shape index (κ2) is 10.1. The molecular weight excluding hydrogens is 240 g/mol. The number of nitrogens with one attached hydrogen (secondary N) is 1. The van der Waals surface area contributed by atoms with Crippen molar-refractivity contribution in [1.29, 1.82) is 0 Å². The lowest BCUT2D eigenvalue weighted by Gasteiger charge is -2.17. The standard InChI is InChI=1S/C15H32N2S/c1-14(2)16-12-15-8-10-17(13-15)9-6-4-5-7-11-18-3/h14-16H,4-13H2,1-3H3. The number of unbranched alkanes of at least 4 members (excludes halogenated alkanes) is 3. The Balaban J connectivity index is 1.94. The van der Waals surface area contributed by atoms with Gasteiger partial charge in [0.25, 0.3) is 0 Å². The maximum atomic E-state index is 3.57. The third-order valence-electron chi connectivity index (χ3n) is 3.76. The van der Waals surface area contributed by atoms with Crippen molar-refractivity contribution >= 4 is 11.8 Å². The Bertz CT molecular complexity index is 197. The van der Waals surface area contributed by atoms with E-state index in [4.69, 9.17) is 0 Å². The zero-order valence-electron chi connectivity index (χ0n) is 12.6. The molecule has 1 N–H and O–H groups in total. The van der Waals surface area contributed by atoms with Gasteiger partial charge >= 0.3 is 0 Å². The number of likely N-dealkylation sites (tertiary alicyclic amines) is 1. The Morgan fingerprint density at radius 3 is 2.72 bits per heavy atom. The van der Waals surface area contributed by atoms with Crippen molar-refractivity contribution in [3.63, 3.8) is 0 Å². The molecule has 0 radical (unpaired) electrons. The van der Waals surface area contributed by atoms with E-state index in [-0.39, 0.29) is 0 Å². The number of rotatable bonds is 10. The Labute approximate surface area is 118 Å². The van der Waals surface area contributed by atoms with Crippen LogP contribution in [0.4, 0.5) is 0 Å². The van der Waals surface area contributed by atoms with E-state index in [1.54, 1.807) is 0 Å². The lowest BCUT2D eigenvalue weighted by Crippen LogP contribution is -2.31. The largest absolute Gasteiger partial charge is 0.314 e. The van der Waals surface area contributed by atoms with E-state index >= 15 is 0 Å². The average molecular weight is 273 g/mol. The van der Waals surface area contributed by atoms with Crippen LogP contribution in [0.1, 0.15) is 46.0 Å². The van der Waals surface area contributed by atoms with Gasteiger partial charge in [-0.25, -0.2) is 0 Å². The summed E-state index contributed by atoms with van der Waals surface area (Å²) in [5.74, 6) is 2.23. The fourth-order valence-corrected chi connectivity index (χ4v) is 3.11. The molecule has 1 unspecified atom stereocenters. The second-order valence-corrected chi connectivity index (χ2v) is 6.91. The summed E-state index contributed by atoms with van der Waals surface area (Å²) in [4.78, 5) is 2.67. The highest BCUT2D eigenvalue weighted by atomic mass is 32.2. The fraction of sp³-hybridized carbons (Fsp3) is 1.00. The van der Waals surface area contributed by atoms with E-state index in [1.807, 2.05) is 11.8 Å². The van der Waals surface area contributed by atoms with Gasteiger partial charge in [0.1, 0.15) is 0 Å². The van der Waals surface area contributed by atoms with E-state index in [9.17, 15) is 0 Å². The van der Waals surface area contributed by atoms with Gasteiger partial charge in [-0.1, -0.05) is 26.7 Å². The first-order valence-electron chi connectivity index (χ1n) is 7.67. The number of hydrogen-bond acceptors (Lipinski definition) is 3. The Hall–Kier alpha value is 0.270. The molecule has 1 aliphatic heterocycles. The molecule has 1 aliphatic rings. The van der Waals surface area contributed by atoms with Crippen LogP contribution in [0, 0.1) is 5.92 Å². The van der Waals surface area contributed by atoms with E-state index in [2.05, 4.69) is 30.3 Å². The normalized spacial score (nSPS) is 21.0. The quantitative estimate of drug-likeness (QED) is 0.615. The van der Waals surface area contributed by atoms with Crippen LogP contribution in [-0.2, 0) is 0 Å². The second-order valence-electron chi connectivity index (χ2n) is 5.93. The SMILES string of the molecule is CSCCCCCCN1CCC(CNC(C)C)C1. The molecular formula is C15H32N2S. The molecule has 0 spiro atoms. The summed E-state index contributed by atoms with van der Waals surface area (Å²) in [5, 5.41) is 3.57. The van der Waals surface area contributed by atoms with Crippen LogP contribution >= 0.6 is 11.8 Å². The van der Waals surface area contributed by atoms with Gasteiger partial charge in [-0.15, -0.1) is 0 Å². The molecule has 1 rings (SSSR count). The van der Waals surface area contributed by atoms with Crippen molar-refractivity contribution in [1.82, 2.24) is 10.2 Å².